The van der Waals surface area contributed by atoms with Crippen LogP contribution in [0.5, 0.6) is 5.75 Å². The van der Waals surface area contributed by atoms with Crippen molar-refractivity contribution in [2.45, 2.75) is 19.8 Å². The lowest BCUT2D eigenvalue weighted by atomic mass is 10.1. The number of nitrogens with one attached hydrogen (secondary N) is 1. The van der Waals surface area contributed by atoms with Gasteiger partial charge in [-0.15, -0.1) is 0 Å². The van der Waals surface area contributed by atoms with Crippen LogP contribution in [0.15, 0.2) is 18.2 Å². The Bertz CT molecular complexity index is 474. The predicted molar refractivity (Wildman–Crippen MR) is 62.1 cm³/mol. The second kappa shape index (κ2) is 3.95. The van der Waals surface area contributed by atoms with Gasteiger partial charge in [0.05, 0.1) is 0 Å². The number of fused-ring (bicyclic) bond motifs is 1. The van der Waals surface area contributed by atoms with Crippen LogP contribution >= 0.6 is 0 Å². The highest BCUT2D eigenvalue weighted by atomic mass is 16.3. The van der Waals surface area contributed by atoms with E-state index in [2.05, 4.69) is 4.98 Å². The molecular formula is C12H16N2O. The molecule has 3 nitrogen and oxygen atoms in total. The third-order valence-corrected chi connectivity index (χ3v) is 2.64. The lowest BCUT2D eigenvalue weighted by Crippen LogP contribution is -2.00. The Labute approximate surface area is 88.9 Å². The van der Waals surface area contributed by atoms with E-state index in [9.17, 15) is 5.11 Å². The first-order valence-corrected chi connectivity index (χ1v) is 5.22. The number of rotatable bonds is 3. The summed E-state index contributed by atoms with van der Waals surface area (Å²) in [6.45, 7) is 2.64. The second-order valence-electron chi connectivity index (χ2n) is 3.88. The molecule has 0 unspecified atom stereocenters. The van der Waals surface area contributed by atoms with Crippen LogP contribution in [-0.4, -0.2) is 16.6 Å². The van der Waals surface area contributed by atoms with E-state index in [4.69, 9.17) is 5.73 Å². The number of aromatic amines is 1. The number of H-pyrrole nitrogens is 1. The molecule has 1 heterocycles. The van der Waals surface area contributed by atoms with Gasteiger partial charge in [0.25, 0.3) is 0 Å². The van der Waals surface area contributed by atoms with E-state index in [-0.39, 0.29) is 0 Å². The average Bonchev–Trinajstić information content (AvgIpc) is 2.59. The summed E-state index contributed by atoms with van der Waals surface area (Å²) in [6.07, 6.45) is 1.74. The number of aryl methyl sites for hydroxylation is 2. The summed E-state index contributed by atoms with van der Waals surface area (Å²) >= 11 is 0. The number of hydrogen-bond donors (Lipinski definition) is 3. The van der Waals surface area contributed by atoms with Crippen molar-refractivity contribution in [3.05, 3.63) is 29.5 Å². The van der Waals surface area contributed by atoms with E-state index in [0.29, 0.717) is 12.3 Å². The normalized spacial score (nSPS) is 11.1. The molecule has 1 aromatic carbocycles. The highest BCUT2D eigenvalue weighted by molar-refractivity contribution is 5.87. The molecule has 2 rings (SSSR count). The third-order valence-electron chi connectivity index (χ3n) is 2.64. The van der Waals surface area contributed by atoms with E-state index in [1.54, 1.807) is 0 Å². The molecule has 0 atom stereocenters. The van der Waals surface area contributed by atoms with Crippen molar-refractivity contribution in [1.29, 1.82) is 0 Å². The predicted octanol–water partition coefficient (Wildman–Crippen LogP) is 2.07. The zero-order valence-electron chi connectivity index (χ0n) is 8.88. The van der Waals surface area contributed by atoms with Crippen LogP contribution in [0, 0.1) is 6.92 Å². The Morgan fingerprint density at radius 2 is 2.20 bits per heavy atom. The monoisotopic (exact) mass is 204 g/mol. The first-order valence-electron chi connectivity index (χ1n) is 5.22. The lowest BCUT2D eigenvalue weighted by Gasteiger charge is -2.04. The number of phenols is 1. The zero-order chi connectivity index (χ0) is 10.8. The van der Waals surface area contributed by atoms with Crippen LogP contribution < -0.4 is 5.73 Å². The number of nitrogens with two attached hydrogens (primary N) is 1. The van der Waals surface area contributed by atoms with Crippen molar-refractivity contribution in [2.24, 2.45) is 5.73 Å². The Morgan fingerprint density at radius 3 is 2.93 bits per heavy atom. The molecule has 0 amide bonds. The fourth-order valence-electron chi connectivity index (χ4n) is 1.87. The van der Waals surface area contributed by atoms with Gasteiger partial charge < -0.3 is 15.8 Å². The van der Waals surface area contributed by atoms with Crippen molar-refractivity contribution < 1.29 is 5.11 Å². The van der Waals surface area contributed by atoms with Gasteiger partial charge in [0.1, 0.15) is 5.75 Å². The molecule has 4 N–H and O–H groups in total. The molecule has 0 saturated carbocycles. The van der Waals surface area contributed by atoms with Gasteiger partial charge in [-0.1, -0.05) is 6.07 Å². The summed E-state index contributed by atoms with van der Waals surface area (Å²) in [4.78, 5) is 3.20. The molecule has 0 bridgehead atoms. The van der Waals surface area contributed by atoms with Gasteiger partial charge in [-0.2, -0.15) is 0 Å². The fourth-order valence-corrected chi connectivity index (χ4v) is 1.87. The van der Waals surface area contributed by atoms with Crippen LogP contribution in [0.4, 0.5) is 0 Å². The van der Waals surface area contributed by atoms with Gasteiger partial charge in [-0.05, 0) is 44.0 Å². The minimum atomic E-state index is 0.394. The Hall–Kier alpha value is -1.48. The van der Waals surface area contributed by atoms with Gasteiger partial charge in [0.2, 0.25) is 0 Å². The van der Waals surface area contributed by atoms with Crippen LogP contribution in [0.2, 0.25) is 0 Å². The van der Waals surface area contributed by atoms with Crippen molar-refractivity contribution in [1.82, 2.24) is 4.98 Å². The molecule has 0 aliphatic heterocycles. The van der Waals surface area contributed by atoms with Crippen molar-refractivity contribution in [2.75, 3.05) is 6.54 Å². The molecule has 0 radical (unpaired) electrons. The molecular weight excluding hydrogens is 188 g/mol. The molecule has 2 aromatic rings. The van der Waals surface area contributed by atoms with Crippen molar-refractivity contribution in [3.8, 4) is 5.75 Å². The van der Waals surface area contributed by atoms with E-state index in [1.165, 1.54) is 0 Å². The zero-order valence-corrected chi connectivity index (χ0v) is 8.88. The summed E-state index contributed by atoms with van der Waals surface area (Å²) in [5, 5.41) is 10.9. The van der Waals surface area contributed by atoms with Crippen molar-refractivity contribution >= 4 is 10.9 Å². The second-order valence-corrected chi connectivity index (χ2v) is 3.88. The molecule has 0 fully saturated rings. The molecule has 3 heteroatoms. The molecule has 0 spiro atoms. The molecule has 1 aromatic heterocycles. The van der Waals surface area contributed by atoms with Crippen LogP contribution in [0.1, 0.15) is 17.7 Å². The SMILES string of the molecule is Cc1cc2c(O)c(CCCN)ccc2[nH]1. The Kier molecular flexibility index (Phi) is 2.64. The number of aromatic nitrogens is 1. The molecule has 0 aliphatic carbocycles. The summed E-state index contributed by atoms with van der Waals surface area (Å²) in [5.74, 6) is 0.394. The van der Waals surface area contributed by atoms with Gasteiger partial charge >= 0.3 is 0 Å². The summed E-state index contributed by atoms with van der Waals surface area (Å²) in [6, 6.07) is 5.94. The highest BCUT2D eigenvalue weighted by Crippen LogP contribution is 2.29. The minimum Gasteiger partial charge on any atom is -0.507 e. The number of hydrogen-bond acceptors (Lipinski definition) is 2. The first kappa shape index (κ1) is 10.1. The van der Waals surface area contributed by atoms with Crippen molar-refractivity contribution in [3.63, 3.8) is 0 Å². The molecule has 80 valence electrons. The standard InChI is InChI=1S/C12H16N2O/c1-8-7-10-11(14-8)5-4-9(12(10)15)3-2-6-13/h4-5,7,14-15H,2-3,6,13H2,1H3. The van der Waals surface area contributed by atoms with Crippen LogP contribution in [0.25, 0.3) is 10.9 Å². The Morgan fingerprint density at radius 1 is 1.40 bits per heavy atom. The maximum absolute atomic E-state index is 10.0. The van der Waals surface area contributed by atoms with Gasteiger partial charge in [0.15, 0.2) is 0 Å². The quantitative estimate of drug-likeness (QED) is 0.716. The smallest absolute Gasteiger partial charge is 0.128 e. The first-order chi connectivity index (χ1) is 7.22. The summed E-state index contributed by atoms with van der Waals surface area (Å²) < 4.78 is 0. The maximum atomic E-state index is 10.0. The number of benzene rings is 1. The minimum absolute atomic E-state index is 0.394. The third kappa shape index (κ3) is 1.83. The topological polar surface area (TPSA) is 62.0 Å². The molecule has 0 saturated heterocycles. The number of aromatic hydroxyl groups is 1. The largest absolute Gasteiger partial charge is 0.507 e. The van der Waals surface area contributed by atoms with E-state index >= 15 is 0 Å². The van der Waals surface area contributed by atoms with Gasteiger partial charge in [-0.3, -0.25) is 0 Å². The van der Waals surface area contributed by atoms with Crippen LogP contribution in [-0.2, 0) is 6.42 Å². The lowest BCUT2D eigenvalue weighted by molar-refractivity contribution is 0.474. The average molecular weight is 204 g/mol. The summed E-state index contributed by atoms with van der Waals surface area (Å²) in [7, 11) is 0. The highest BCUT2D eigenvalue weighted by Gasteiger charge is 2.07. The maximum Gasteiger partial charge on any atom is 0.128 e. The fraction of sp³-hybridized carbons (Fsp3) is 0.333. The van der Waals surface area contributed by atoms with E-state index in [1.807, 2.05) is 25.1 Å². The van der Waals surface area contributed by atoms with E-state index in [0.717, 1.165) is 35.0 Å². The molecule has 0 aliphatic rings. The number of phenolic OH excluding ortho intramolecular Hbond substituents is 1. The van der Waals surface area contributed by atoms with Crippen LogP contribution in [0.3, 0.4) is 0 Å². The molecule has 15 heavy (non-hydrogen) atoms. The Balaban J connectivity index is 2.45. The van der Waals surface area contributed by atoms with Gasteiger partial charge in [-0.25, -0.2) is 0 Å². The summed E-state index contributed by atoms with van der Waals surface area (Å²) in [5.41, 5.74) is 8.49. The van der Waals surface area contributed by atoms with E-state index < -0.39 is 0 Å². The van der Waals surface area contributed by atoms with Gasteiger partial charge in [0, 0.05) is 16.6 Å².